The molecule has 0 radical (unpaired) electrons. The molecule has 31 heavy (non-hydrogen) atoms. The molecule has 1 N–H and O–H groups in total. The highest BCUT2D eigenvalue weighted by molar-refractivity contribution is 7.89. The number of rotatable bonds is 14. The highest BCUT2D eigenvalue weighted by Crippen LogP contribution is 2.24. The van der Waals surface area contributed by atoms with Crippen molar-refractivity contribution in [1.82, 2.24) is 19.2 Å². The van der Waals surface area contributed by atoms with Gasteiger partial charge in [-0.1, -0.05) is 47.0 Å². The van der Waals surface area contributed by atoms with Crippen molar-refractivity contribution in [3.63, 3.8) is 0 Å². The summed E-state index contributed by atoms with van der Waals surface area (Å²) in [6.07, 6.45) is 6.38. The van der Waals surface area contributed by atoms with E-state index >= 15 is 0 Å². The van der Waals surface area contributed by atoms with Crippen molar-refractivity contribution in [2.45, 2.75) is 84.1 Å². The van der Waals surface area contributed by atoms with E-state index in [-0.39, 0.29) is 10.8 Å². The molecule has 1 amide bonds. The zero-order valence-corrected chi connectivity index (χ0v) is 20.3. The van der Waals surface area contributed by atoms with Crippen molar-refractivity contribution in [2.75, 3.05) is 19.6 Å². The summed E-state index contributed by atoms with van der Waals surface area (Å²) in [5.41, 5.74) is 1.58. The predicted octanol–water partition coefficient (Wildman–Crippen LogP) is 4.11. The number of hydrogen-bond acceptors (Lipinski definition) is 4. The van der Waals surface area contributed by atoms with E-state index in [1.165, 1.54) is 17.1 Å². The third kappa shape index (κ3) is 6.53. The Morgan fingerprint density at radius 1 is 1.06 bits per heavy atom. The highest BCUT2D eigenvalue weighted by Gasteiger charge is 2.23. The number of amides is 1. The lowest BCUT2D eigenvalue weighted by atomic mass is 10.2. The van der Waals surface area contributed by atoms with Crippen LogP contribution < -0.4 is 5.32 Å². The molecule has 1 aromatic heterocycles. The Morgan fingerprint density at radius 2 is 1.81 bits per heavy atom. The fourth-order valence-corrected chi connectivity index (χ4v) is 5.27. The number of sulfonamides is 1. The van der Waals surface area contributed by atoms with Crippen molar-refractivity contribution in [1.29, 1.82) is 0 Å². The van der Waals surface area contributed by atoms with E-state index in [0.717, 1.165) is 43.7 Å². The summed E-state index contributed by atoms with van der Waals surface area (Å²) in [5.74, 6) is 0.867. The number of carbonyl (C=O) groups is 1. The Kier molecular flexibility index (Phi) is 9.96. The first kappa shape index (κ1) is 25.3. The van der Waals surface area contributed by atoms with Gasteiger partial charge >= 0.3 is 0 Å². The number of nitrogens with zero attached hydrogens (tertiary/aromatic N) is 3. The lowest BCUT2D eigenvalue weighted by Crippen LogP contribution is -2.30. The number of aryl methyl sites for hydroxylation is 2. The first-order valence-electron chi connectivity index (χ1n) is 11.6. The second kappa shape index (κ2) is 12.2. The molecule has 0 aliphatic heterocycles. The molecule has 0 atom stereocenters. The average molecular weight is 451 g/mol. The Balaban J connectivity index is 2.17. The van der Waals surface area contributed by atoms with Crippen molar-refractivity contribution in [2.24, 2.45) is 0 Å². The van der Waals surface area contributed by atoms with Crippen molar-refractivity contribution >= 4 is 27.0 Å². The van der Waals surface area contributed by atoms with Gasteiger partial charge in [-0.15, -0.1) is 0 Å². The first-order valence-corrected chi connectivity index (χ1v) is 13.1. The molecular formula is C23H38N4O3S. The Morgan fingerprint density at radius 3 is 2.45 bits per heavy atom. The second-order valence-corrected chi connectivity index (χ2v) is 9.77. The van der Waals surface area contributed by atoms with Crippen LogP contribution in [0.2, 0.25) is 0 Å². The van der Waals surface area contributed by atoms with Gasteiger partial charge in [-0.25, -0.2) is 13.4 Å². The third-order valence-corrected chi connectivity index (χ3v) is 7.56. The molecule has 0 unspecified atom stereocenters. The zero-order chi connectivity index (χ0) is 22.9. The van der Waals surface area contributed by atoms with Gasteiger partial charge in [0, 0.05) is 39.0 Å². The molecule has 0 aliphatic carbocycles. The van der Waals surface area contributed by atoms with Crippen LogP contribution >= 0.6 is 0 Å². The molecule has 0 saturated heterocycles. The maximum Gasteiger partial charge on any atom is 0.243 e. The maximum absolute atomic E-state index is 12.9. The number of nitrogens with one attached hydrogen (secondary N) is 1. The topological polar surface area (TPSA) is 84.3 Å². The summed E-state index contributed by atoms with van der Waals surface area (Å²) >= 11 is 0. The first-order chi connectivity index (χ1) is 14.9. The number of unbranched alkanes of at least 4 members (excludes halogenated alkanes) is 3. The standard InChI is InChI=1S/C23H38N4O3S/c1-5-9-10-11-16-24-23(28)15-14-22-25-20-18-19(31(29,30)26(7-3)8-4)12-13-21(20)27(22)17-6-2/h12-13,18H,5-11,14-17H2,1-4H3,(H,24,28). The summed E-state index contributed by atoms with van der Waals surface area (Å²) < 4.78 is 29.3. The van der Waals surface area contributed by atoms with Crippen LogP contribution in [0.3, 0.4) is 0 Å². The van der Waals surface area contributed by atoms with E-state index in [1.807, 2.05) is 19.9 Å². The monoisotopic (exact) mass is 450 g/mol. The van der Waals surface area contributed by atoms with Crippen LogP contribution in [0.5, 0.6) is 0 Å². The minimum Gasteiger partial charge on any atom is -0.356 e. The van der Waals surface area contributed by atoms with E-state index in [9.17, 15) is 13.2 Å². The number of hydrogen-bond donors (Lipinski definition) is 1. The number of imidazole rings is 1. The molecule has 1 heterocycles. The summed E-state index contributed by atoms with van der Waals surface area (Å²) in [6.45, 7) is 10.3. The van der Waals surface area contributed by atoms with Crippen molar-refractivity contribution < 1.29 is 13.2 Å². The van der Waals surface area contributed by atoms with Crippen LogP contribution in [0.1, 0.15) is 72.0 Å². The van der Waals surface area contributed by atoms with E-state index in [4.69, 9.17) is 4.98 Å². The number of benzene rings is 1. The van der Waals surface area contributed by atoms with E-state index in [2.05, 4.69) is 23.7 Å². The van der Waals surface area contributed by atoms with Gasteiger partial charge in [0.05, 0.1) is 15.9 Å². The van der Waals surface area contributed by atoms with Crippen LogP contribution in [0.4, 0.5) is 0 Å². The lowest BCUT2D eigenvalue weighted by Gasteiger charge is -2.18. The summed E-state index contributed by atoms with van der Waals surface area (Å²) in [5, 5.41) is 2.99. The fraction of sp³-hybridized carbons (Fsp3) is 0.652. The normalized spacial score (nSPS) is 12.0. The largest absolute Gasteiger partial charge is 0.356 e. The number of aromatic nitrogens is 2. The molecule has 2 rings (SSSR count). The maximum atomic E-state index is 12.9. The van der Waals surface area contributed by atoms with E-state index in [0.29, 0.717) is 31.4 Å². The molecule has 0 bridgehead atoms. The Bertz CT molecular complexity index is 949. The number of carbonyl (C=O) groups excluding carboxylic acids is 1. The summed E-state index contributed by atoms with van der Waals surface area (Å²) in [4.78, 5) is 17.2. The third-order valence-electron chi connectivity index (χ3n) is 5.52. The van der Waals surface area contributed by atoms with Gasteiger partial charge in [-0.05, 0) is 31.0 Å². The van der Waals surface area contributed by atoms with Crippen LogP contribution in [-0.2, 0) is 27.8 Å². The summed E-state index contributed by atoms with van der Waals surface area (Å²) in [7, 11) is -3.53. The molecule has 1 aromatic carbocycles. The molecule has 8 heteroatoms. The molecule has 174 valence electrons. The minimum absolute atomic E-state index is 0.0383. The van der Waals surface area contributed by atoms with Crippen molar-refractivity contribution in [3.8, 4) is 0 Å². The zero-order valence-electron chi connectivity index (χ0n) is 19.5. The predicted molar refractivity (Wildman–Crippen MR) is 126 cm³/mol. The van der Waals surface area contributed by atoms with Gasteiger partial charge in [-0.3, -0.25) is 4.79 Å². The van der Waals surface area contributed by atoms with Gasteiger partial charge in [0.25, 0.3) is 0 Å². The molecular weight excluding hydrogens is 412 g/mol. The molecule has 0 spiro atoms. The average Bonchev–Trinajstić information content (AvgIpc) is 3.10. The Labute approximate surface area is 187 Å². The molecule has 0 saturated carbocycles. The van der Waals surface area contributed by atoms with Crippen LogP contribution in [0.15, 0.2) is 23.1 Å². The highest BCUT2D eigenvalue weighted by atomic mass is 32.2. The molecule has 2 aromatic rings. The Hall–Kier alpha value is -1.93. The van der Waals surface area contributed by atoms with Crippen molar-refractivity contribution in [3.05, 3.63) is 24.0 Å². The SMILES string of the molecule is CCCCCCNC(=O)CCc1nc2cc(S(=O)(=O)N(CC)CC)ccc2n1CCC. The smallest absolute Gasteiger partial charge is 0.243 e. The molecule has 0 fully saturated rings. The van der Waals surface area contributed by atoms with E-state index < -0.39 is 10.0 Å². The summed E-state index contributed by atoms with van der Waals surface area (Å²) in [6, 6.07) is 5.16. The lowest BCUT2D eigenvalue weighted by molar-refractivity contribution is -0.121. The van der Waals surface area contributed by atoms with Gasteiger partial charge in [0.2, 0.25) is 15.9 Å². The second-order valence-electron chi connectivity index (χ2n) is 7.83. The van der Waals surface area contributed by atoms with Gasteiger partial charge in [-0.2, -0.15) is 4.31 Å². The fourth-order valence-electron chi connectivity index (χ4n) is 3.79. The van der Waals surface area contributed by atoms with Crippen LogP contribution in [0, 0.1) is 0 Å². The van der Waals surface area contributed by atoms with Gasteiger partial charge < -0.3 is 9.88 Å². The quantitative estimate of drug-likeness (QED) is 0.439. The van der Waals surface area contributed by atoms with Crippen LogP contribution in [0.25, 0.3) is 11.0 Å². The van der Waals surface area contributed by atoms with Gasteiger partial charge in [0.1, 0.15) is 5.82 Å². The minimum atomic E-state index is -3.53. The molecule has 7 nitrogen and oxygen atoms in total. The van der Waals surface area contributed by atoms with E-state index in [1.54, 1.807) is 12.1 Å². The van der Waals surface area contributed by atoms with Gasteiger partial charge in [0.15, 0.2) is 0 Å². The van der Waals surface area contributed by atoms with Crippen LogP contribution in [-0.4, -0.2) is 47.8 Å². The number of fused-ring (bicyclic) bond motifs is 1. The molecule has 0 aliphatic rings.